The lowest BCUT2D eigenvalue weighted by Gasteiger charge is -2.40. The number of hydrogen-bond acceptors (Lipinski definition) is 6. The lowest BCUT2D eigenvalue weighted by Crippen LogP contribution is -2.53. The molecule has 30 heavy (non-hydrogen) atoms. The molecular weight excluding hydrogens is 380 g/mol. The molecule has 3 saturated heterocycles. The normalized spacial score (nSPS) is 32.9. The zero-order chi connectivity index (χ0) is 20.3. The molecule has 1 spiro atoms. The molecule has 4 aliphatic rings. The number of ether oxygens (including phenoxy) is 2. The van der Waals surface area contributed by atoms with Crippen LogP contribution in [0.15, 0.2) is 30.6 Å². The van der Waals surface area contributed by atoms with E-state index < -0.39 is 0 Å². The van der Waals surface area contributed by atoms with Crippen molar-refractivity contribution in [2.45, 2.75) is 31.2 Å². The minimum Gasteiger partial charge on any atom is -0.493 e. The number of likely N-dealkylation sites (tertiary alicyclic amines) is 2. The number of aromatic nitrogens is 2. The van der Waals surface area contributed by atoms with Gasteiger partial charge < -0.3 is 19.1 Å². The van der Waals surface area contributed by atoms with Gasteiger partial charge in [0.05, 0.1) is 24.9 Å². The number of rotatable bonds is 5. The van der Waals surface area contributed by atoms with E-state index in [1.165, 1.54) is 11.1 Å². The van der Waals surface area contributed by atoms with Crippen molar-refractivity contribution in [3.63, 3.8) is 0 Å². The van der Waals surface area contributed by atoms with Gasteiger partial charge >= 0.3 is 0 Å². The third-order valence-electron chi connectivity index (χ3n) is 7.59. The Balaban J connectivity index is 1.21. The van der Waals surface area contributed by atoms with Crippen LogP contribution in [-0.4, -0.2) is 75.6 Å². The Hall–Kier alpha value is -1.93. The summed E-state index contributed by atoms with van der Waals surface area (Å²) >= 11 is 0. The molecule has 3 fully saturated rings. The van der Waals surface area contributed by atoms with E-state index in [9.17, 15) is 5.11 Å². The molecule has 0 aliphatic carbocycles. The van der Waals surface area contributed by atoms with Crippen molar-refractivity contribution in [1.82, 2.24) is 19.4 Å². The zero-order valence-electron chi connectivity index (χ0n) is 17.5. The van der Waals surface area contributed by atoms with Gasteiger partial charge in [0.2, 0.25) is 0 Å². The van der Waals surface area contributed by atoms with E-state index in [1.807, 2.05) is 19.4 Å². The molecule has 4 atom stereocenters. The topological polar surface area (TPSA) is 63.0 Å². The summed E-state index contributed by atoms with van der Waals surface area (Å²) in [6.07, 6.45) is 4.99. The summed E-state index contributed by atoms with van der Waals surface area (Å²) in [5.74, 6) is 2.72. The maximum absolute atomic E-state index is 10.2. The summed E-state index contributed by atoms with van der Waals surface area (Å²) in [4.78, 5) is 9.50. The highest BCUT2D eigenvalue weighted by Crippen LogP contribution is 2.49. The minimum absolute atomic E-state index is 0.127. The Labute approximate surface area is 177 Å². The number of morpholine rings is 1. The minimum atomic E-state index is -0.179. The van der Waals surface area contributed by atoms with Gasteiger partial charge in [-0.2, -0.15) is 0 Å². The summed E-state index contributed by atoms with van der Waals surface area (Å²) in [5.41, 5.74) is 2.49. The summed E-state index contributed by atoms with van der Waals surface area (Å²) in [6.45, 7) is 6.47. The van der Waals surface area contributed by atoms with E-state index in [-0.39, 0.29) is 24.2 Å². The van der Waals surface area contributed by atoms with Crippen LogP contribution in [0.3, 0.4) is 0 Å². The van der Waals surface area contributed by atoms with Crippen molar-refractivity contribution in [2.75, 3.05) is 39.4 Å². The maximum Gasteiger partial charge on any atom is 0.122 e. The van der Waals surface area contributed by atoms with Gasteiger partial charge in [0.1, 0.15) is 11.6 Å². The molecular formula is C23H30N4O3. The third-order valence-corrected chi connectivity index (χ3v) is 7.59. The first-order chi connectivity index (χ1) is 14.6. The first-order valence-corrected chi connectivity index (χ1v) is 11.1. The number of benzene rings is 1. The van der Waals surface area contributed by atoms with Crippen LogP contribution < -0.4 is 4.74 Å². The van der Waals surface area contributed by atoms with Crippen LogP contribution in [0.25, 0.3) is 0 Å². The van der Waals surface area contributed by atoms with Gasteiger partial charge in [-0.3, -0.25) is 9.80 Å². The van der Waals surface area contributed by atoms with Crippen molar-refractivity contribution in [3.05, 3.63) is 47.5 Å². The second-order valence-corrected chi connectivity index (χ2v) is 9.51. The quantitative estimate of drug-likeness (QED) is 0.795. The van der Waals surface area contributed by atoms with Gasteiger partial charge in [-0.05, 0) is 17.2 Å². The van der Waals surface area contributed by atoms with E-state index >= 15 is 0 Å². The van der Waals surface area contributed by atoms with E-state index in [1.54, 1.807) is 0 Å². The van der Waals surface area contributed by atoms with Crippen molar-refractivity contribution in [3.8, 4) is 5.75 Å². The van der Waals surface area contributed by atoms with Gasteiger partial charge in [-0.25, -0.2) is 4.98 Å². The predicted octanol–water partition coefficient (Wildman–Crippen LogP) is 1.05. The molecule has 6 rings (SSSR count). The number of hydrogen-bond donors (Lipinski definition) is 1. The molecule has 0 unspecified atom stereocenters. The monoisotopic (exact) mass is 410 g/mol. The third kappa shape index (κ3) is 2.99. The van der Waals surface area contributed by atoms with Crippen LogP contribution in [0, 0.1) is 11.8 Å². The molecule has 1 aromatic heterocycles. The highest BCUT2D eigenvalue weighted by Gasteiger charge is 2.62. The smallest absolute Gasteiger partial charge is 0.122 e. The molecule has 2 aromatic rings. The first-order valence-electron chi connectivity index (χ1n) is 11.1. The van der Waals surface area contributed by atoms with Gasteiger partial charge in [0.25, 0.3) is 0 Å². The fourth-order valence-electron chi connectivity index (χ4n) is 6.21. The van der Waals surface area contributed by atoms with Crippen molar-refractivity contribution < 1.29 is 14.6 Å². The van der Waals surface area contributed by atoms with Crippen molar-refractivity contribution in [1.29, 1.82) is 0 Å². The lowest BCUT2D eigenvalue weighted by molar-refractivity contribution is -0.120. The van der Waals surface area contributed by atoms with Crippen LogP contribution in [0.4, 0.5) is 0 Å². The summed E-state index contributed by atoms with van der Waals surface area (Å²) in [5, 5.41) is 10.2. The lowest BCUT2D eigenvalue weighted by atomic mass is 9.83. The van der Waals surface area contributed by atoms with Crippen molar-refractivity contribution >= 4 is 0 Å². The Morgan fingerprint density at radius 2 is 2.07 bits per heavy atom. The molecule has 5 heterocycles. The van der Waals surface area contributed by atoms with Gasteiger partial charge in [0, 0.05) is 77.0 Å². The van der Waals surface area contributed by atoms with Gasteiger partial charge in [-0.15, -0.1) is 0 Å². The SMILES string of the molecule is Cn1ccnc1CN1C[C@@H]2[C@H](CO)[C@H]3CN(Cc4ccc5c(c4)CCO5)C[C@]2(C1)O3. The number of fused-ring (bicyclic) bond motifs is 2. The van der Waals surface area contributed by atoms with Gasteiger partial charge in [-0.1, -0.05) is 12.1 Å². The fourth-order valence-corrected chi connectivity index (χ4v) is 6.21. The van der Waals surface area contributed by atoms with Crippen molar-refractivity contribution in [2.24, 2.45) is 18.9 Å². The summed E-state index contributed by atoms with van der Waals surface area (Å²) < 4.78 is 14.4. The number of aryl methyl sites for hydroxylation is 1. The molecule has 0 radical (unpaired) electrons. The van der Waals surface area contributed by atoms with Crippen LogP contribution in [0.2, 0.25) is 0 Å². The molecule has 0 amide bonds. The maximum atomic E-state index is 10.2. The molecule has 160 valence electrons. The van der Waals surface area contributed by atoms with E-state index in [4.69, 9.17) is 9.47 Å². The first kappa shape index (κ1) is 18.8. The molecule has 1 aromatic carbocycles. The highest BCUT2D eigenvalue weighted by atomic mass is 16.5. The molecule has 4 aliphatic heterocycles. The predicted molar refractivity (Wildman–Crippen MR) is 111 cm³/mol. The number of aliphatic hydroxyl groups excluding tert-OH is 1. The fraction of sp³-hybridized carbons (Fsp3) is 0.609. The second-order valence-electron chi connectivity index (χ2n) is 9.51. The molecule has 1 N–H and O–H groups in total. The largest absolute Gasteiger partial charge is 0.493 e. The summed E-state index contributed by atoms with van der Waals surface area (Å²) in [6, 6.07) is 6.62. The molecule has 0 saturated carbocycles. The van der Waals surface area contributed by atoms with Crippen LogP contribution in [0.5, 0.6) is 5.75 Å². The summed E-state index contributed by atoms with van der Waals surface area (Å²) in [7, 11) is 2.05. The Bertz CT molecular complexity index is 946. The second kappa shape index (κ2) is 7.05. The zero-order valence-corrected chi connectivity index (χ0v) is 17.5. The highest BCUT2D eigenvalue weighted by molar-refractivity contribution is 5.39. The Morgan fingerprint density at radius 1 is 1.20 bits per heavy atom. The van der Waals surface area contributed by atoms with Gasteiger partial charge in [0.15, 0.2) is 0 Å². The number of imidazole rings is 1. The van der Waals surface area contributed by atoms with E-state index in [0.717, 1.165) is 63.9 Å². The Morgan fingerprint density at radius 3 is 2.87 bits per heavy atom. The van der Waals surface area contributed by atoms with Crippen LogP contribution in [-0.2, 0) is 31.3 Å². The molecule has 2 bridgehead atoms. The molecule has 7 nitrogen and oxygen atoms in total. The number of nitrogens with zero attached hydrogens (tertiary/aromatic N) is 4. The van der Waals surface area contributed by atoms with Crippen LogP contribution in [0.1, 0.15) is 17.0 Å². The average Bonchev–Trinajstić information content (AvgIpc) is 3.46. The van der Waals surface area contributed by atoms with E-state index in [2.05, 4.69) is 37.5 Å². The standard InChI is InChI=1S/C23H30N4O3/c1-25-6-5-24-22(25)12-27-10-19-18(13-28)21-11-26(14-23(19,15-27)30-21)9-16-2-3-20-17(8-16)4-7-29-20/h2-3,5-6,8,18-19,21,28H,4,7,9-15H2,1H3/t18-,19+,21+,23+/m0/s1. The van der Waals surface area contributed by atoms with E-state index in [0.29, 0.717) is 5.92 Å². The number of aliphatic hydroxyl groups is 1. The average molecular weight is 411 g/mol. The molecule has 7 heteroatoms. The van der Waals surface area contributed by atoms with Crippen LogP contribution >= 0.6 is 0 Å². The Kier molecular flexibility index (Phi) is 4.42.